The Morgan fingerprint density at radius 1 is 1.16 bits per heavy atom. The zero-order valence-electron chi connectivity index (χ0n) is 14.7. The first-order chi connectivity index (χ1) is 11.9. The maximum atomic E-state index is 12.5. The Balaban J connectivity index is 1.76. The monoisotopic (exact) mass is 335 g/mol. The van der Waals surface area contributed by atoms with Gasteiger partial charge >= 0.3 is 6.09 Å². The van der Waals surface area contributed by atoms with Gasteiger partial charge in [0.2, 0.25) is 0 Å². The first kappa shape index (κ1) is 15.7. The minimum absolute atomic E-state index is 0.296. The van der Waals surface area contributed by atoms with E-state index in [-0.39, 0.29) is 6.09 Å². The highest BCUT2D eigenvalue weighted by atomic mass is 16.6. The number of para-hydroxylation sites is 1. The molecule has 0 bridgehead atoms. The minimum atomic E-state index is -0.504. The number of aromatic amines is 1. The highest BCUT2D eigenvalue weighted by Gasteiger charge is 2.30. The fourth-order valence-corrected chi connectivity index (χ4v) is 3.33. The number of hydrogen-bond donors (Lipinski definition) is 1. The van der Waals surface area contributed by atoms with Crippen LogP contribution in [0, 0.1) is 0 Å². The van der Waals surface area contributed by atoms with Gasteiger partial charge in [-0.3, -0.25) is 10.00 Å². The maximum Gasteiger partial charge on any atom is 0.414 e. The summed E-state index contributed by atoms with van der Waals surface area (Å²) in [6.07, 6.45) is 0.502. The van der Waals surface area contributed by atoms with Gasteiger partial charge in [-0.2, -0.15) is 5.10 Å². The summed E-state index contributed by atoms with van der Waals surface area (Å²) in [5, 5.41) is 8.69. The van der Waals surface area contributed by atoms with Crippen molar-refractivity contribution in [2.45, 2.75) is 32.8 Å². The van der Waals surface area contributed by atoms with Crippen LogP contribution in [0.5, 0.6) is 0 Å². The van der Waals surface area contributed by atoms with Gasteiger partial charge in [0.05, 0.1) is 11.2 Å². The van der Waals surface area contributed by atoms with E-state index in [0.29, 0.717) is 6.54 Å². The Morgan fingerprint density at radius 3 is 2.76 bits per heavy atom. The van der Waals surface area contributed by atoms with Crippen LogP contribution in [0.15, 0.2) is 42.5 Å². The molecular formula is C20H21N3O2. The summed E-state index contributed by atoms with van der Waals surface area (Å²) in [4.78, 5) is 14.2. The SMILES string of the molecule is CC(C)(C)OC(=O)N1CCc2c(-c3n[nH]c4ccccc34)cccc21. The van der Waals surface area contributed by atoms with Crippen molar-refractivity contribution in [1.29, 1.82) is 0 Å². The number of nitrogens with zero attached hydrogens (tertiary/aromatic N) is 2. The lowest BCUT2D eigenvalue weighted by molar-refractivity contribution is 0.0584. The Labute approximate surface area is 146 Å². The summed E-state index contributed by atoms with van der Waals surface area (Å²) in [6, 6.07) is 14.1. The largest absolute Gasteiger partial charge is 0.443 e. The molecular weight excluding hydrogens is 314 g/mol. The van der Waals surface area contributed by atoms with E-state index in [1.54, 1.807) is 4.90 Å². The average molecular weight is 335 g/mol. The highest BCUT2D eigenvalue weighted by Crippen LogP contribution is 2.38. The van der Waals surface area contributed by atoms with Crippen LogP contribution in [-0.4, -0.2) is 28.4 Å². The molecule has 1 aliphatic rings. The van der Waals surface area contributed by atoms with Crippen molar-refractivity contribution in [1.82, 2.24) is 10.2 Å². The number of H-pyrrole nitrogens is 1. The zero-order chi connectivity index (χ0) is 17.6. The lowest BCUT2D eigenvalue weighted by atomic mass is 10.00. The quantitative estimate of drug-likeness (QED) is 0.711. The van der Waals surface area contributed by atoms with Crippen LogP contribution >= 0.6 is 0 Å². The molecule has 2 heterocycles. The fraction of sp³-hybridized carbons (Fsp3) is 0.300. The Hall–Kier alpha value is -2.82. The molecule has 0 atom stereocenters. The fourth-order valence-electron chi connectivity index (χ4n) is 3.33. The molecule has 128 valence electrons. The van der Waals surface area contributed by atoms with Crippen molar-refractivity contribution in [2.24, 2.45) is 0 Å². The van der Waals surface area contributed by atoms with Crippen LogP contribution in [0.4, 0.5) is 10.5 Å². The predicted octanol–water partition coefficient (Wildman–Crippen LogP) is 4.53. The van der Waals surface area contributed by atoms with Crippen molar-refractivity contribution in [3.63, 3.8) is 0 Å². The van der Waals surface area contributed by atoms with Crippen LogP contribution in [0.1, 0.15) is 26.3 Å². The molecule has 5 heteroatoms. The second-order valence-electron chi connectivity index (χ2n) is 7.30. The van der Waals surface area contributed by atoms with E-state index < -0.39 is 5.60 Å². The van der Waals surface area contributed by atoms with E-state index >= 15 is 0 Å². The normalized spacial score (nSPS) is 14.0. The predicted molar refractivity (Wildman–Crippen MR) is 98.8 cm³/mol. The van der Waals surface area contributed by atoms with Gasteiger partial charge < -0.3 is 4.74 Å². The molecule has 5 nitrogen and oxygen atoms in total. The molecule has 1 N–H and O–H groups in total. The van der Waals surface area contributed by atoms with Crippen LogP contribution in [0.25, 0.3) is 22.2 Å². The standard InChI is InChI=1S/C20H21N3O2/c1-20(2,3)25-19(24)23-12-11-13-14(8-6-10-17(13)23)18-15-7-4-5-9-16(15)21-22-18/h4-10H,11-12H2,1-3H3,(H,21,22). The number of ether oxygens (including phenoxy) is 1. The number of fused-ring (bicyclic) bond motifs is 2. The summed E-state index contributed by atoms with van der Waals surface area (Å²) in [5.74, 6) is 0. The Morgan fingerprint density at radius 2 is 1.96 bits per heavy atom. The average Bonchev–Trinajstić information content (AvgIpc) is 3.17. The number of nitrogens with one attached hydrogen (secondary N) is 1. The number of amides is 1. The van der Waals surface area contributed by atoms with Crippen LogP contribution in [0.2, 0.25) is 0 Å². The zero-order valence-corrected chi connectivity index (χ0v) is 14.7. The van der Waals surface area contributed by atoms with Gasteiger partial charge in [-0.15, -0.1) is 0 Å². The summed E-state index contributed by atoms with van der Waals surface area (Å²) >= 11 is 0. The van der Waals surface area contributed by atoms with E-state index in [2.05, 4.69) is 22.3 Å². The van der Waals surface area contributed by atoms with Crippen LogP contribution < -0.4 is 4.90 Å². The molecule has 0 aliphatic carbocycles. The Bertz CT molecular complexity index is 953. The topological polar surface area (TPSA) is 58.2 Å². The highest BCUT2D eigenvalue weighted by molar-refractivity contribution is 5.97. The number of anilines is 1. The summed E-state index contributed by atoms with van der Waals surface area (Å²) in [5.41, 5.74) is 4.57. The first-order valence-corrected chi connectivity index (χ1v) is 8.50. The van der Waals surface area contributed by atoms with Gasteiger partial charge in [0, 0.05) is 17.5 Å². The number of carbonyl (C=O) groups excluding carboxylic acids is 1. The van der Waals surface area contributed by atoms with E-state index in [1.165, 1.54) is 0 Å². The third-order valence-electron chi connectivity index (χ3n) is 4.37. The molecule has 4 rings (SSSR count). The molecule has 0 saturated heterocycles. The number of benzene rings is 2. The van der Waals surface area contributed by atoms with Crippen molar-refractivity contribution in [2.75, 3.05) is 11.4 Å². The van der Waals surface area contributed by atoms with Crippen molar-refractivity contribution in [3.05, 3.63) is 48.0 Å². The molecule has 25 heavy (non-hydrogen) atoms. The van der Waals surface area contributed by atoms with E-state index in [4.69, 9.17) is 4.74 Å². The van der Waals surface area contributed by atoms with E-state index in [1.807, 2.05) is 51.1 Å². The lowest BCUT2D eigenvalue weighted by Crippen LogP contribution is -2.35. The molecule has 0 fully saturated rings. The second-order valence-corrected chi connectivity index (χ2v) is 7.30. The van der Waals surface area contributed by atoms with Gasteiger partial charge in [0.25, 0.3) is 0 Å². The van der Waals surface area contributed by atoms with Gasteiger partial charge in [-0.1, -0.05) is 30.3 Å². The summed E-state index contributed by atoms with van der Waals surface area (Å²) in [6.45, 7) is 6.28. The van der Waals surface area contributed by atoms with Gasteiger partial charge in [0.15, 0.2) is 0 Å². The van der Waals surface area contributed by atoms with Gasteiger partial charge in [-0.25, -0.2) is 4.79 Å². The van der Waals surface area contributed by atoms with Crippen molar-refractivity contribution in [3.8, 4) is 11.3 Å². The third-order valence-corrected chi connectivity index (χ3v) is 4.37. The molecule has 3 aromatic rings. The van der Waals surface area contributed by atoms with Crippen molar-refractivity contribution < 1.29 is 9.53 Å². The first-order valence-electron chi connectivity index (χ1n) is 8.50. The van der Waals surface area contributed by atoms with Crippen LogP contribution in [-0.2, 0) is 11.2 Å². The number of hydrogen-bond acceptors (Lipinski definition) is 3. The van der Waals surface area contributed by atoms with Crippen molar-refractivity contribution >= 4 is 22.7 Å². The summed E-state index contributed by atoms with van der Waals surface area (Å²) < 4.78 is 5.54. The molecule has 0 unspecified atom stereocenters. The number of aromatic nitrogens is 2. The van der Waals surface area contributed by atoms with Crippen LogP contribution in [0.3, 0.4) is 0 Å². The molecule has 1 aliphatic heterocycles. The smallest absolute Gasteiger partial charge is 0.414 e. The minimum Gasteiger partial charge on any atom is -0.443 e. The number of carbonyl (C=O) groups is 1. The molecule has 1 amide bonds. The molecule has 0 spiro atoms. The molecule has 2 aromatic carbocycles. The van der Waals surface area contributed by atoms with E-state index in [0.717, 1.165) is 39.8 Å². The maximum absolute atomic E-state index is 12.5. The third kappa shape index (κ3) is 2.76. The molecule has 0 radical (unpaired) electrons. The van der Waals surface area contributed by atoms with E-state index in [9.17, 15) is 4.79 Å². The molecule has 1 aromatic heterocycles. The summed E-state index contributed by atoms with van der Waals surface area (Å²) in [7, 11) is 0. The van der Waals surface area contributed by atoms with Gasteiger partial charge in [0.1, 0.15) is 11.3 Å². The second kappa shape index (κ2) is 5.62. The Kier molecular flexibility index (Phi) is 3.53. The molecule has 0 saturated carbocycles. The van der Waals surface area contributed by atoms with Gasteiger partial charge in [-0.05, 0) is 44.9 Å². The number of rotatable bonds is 1. The lowest BCUT2D eigenvalue weighted by Gasteiger charge is -2.24.